The number of carbonyl (C=O) groups excluding carboxylic acids is 2. The number of rotatable bonds is 8. The van der Waals surface area contributed by atoms with Crippen LogP contribution in [0.1, 0.15) is 26.7 Å². The minimum absolute atomic E-state index is 0.188. The second-order valence-electron chi connectivity index (χ2n) is 7.92. The van der Waals surface area contributed by atoms with Gasteiger partial charge >= 0.3 is 7.12 Å². The van der Waals surface area contributed by atoms with Crippen LogP contribution in [0.15, 0.2) is 72.5 Å². The van der Waals surface area contributed by atoms with Gasteiger partial charge in [0.1, 0.15) is 6.04 Å². The Morgan fingerprint density at radius 1 is 1.06 bits per heavy atom. The van der Waals surface area contributed by atoms with Crippen molar-refractivity contribution in [3.05, 3.63) is 72.5 Å². The topological polar surface area (TPSA) is 102 Å². The van der Waals surface area contributed by atoms with Crippen LogP contribution in [0.5, 0.6) is 0 Å². The molecule has 1 aliphatic carbocycles. The number of hydrogen-bond acceptors (Lipinski definition) is 5. The zero-order valence-corrected chi connectivity index (χ0v) is 18.1. The lowest BCUT2D eigenvalue weighted by Gasteiger charge is -2.42. The zero-order chi connectivity index (χ0) is 22.6. The minimum Gasteiger partial charge on any atom is -0.426 e. The van der Waals surface area contributed by atoms with Crippen molar-refractivity contribution in [2.75, 3.05) is 13.1 Å². The van der Waals surface area contributed by atoms with E-state index in [2.05, 4.69) is 10.6 Å². The van der Waals surface area contributed by atoms with Crippen LogP contribution in [0.25, 0.3) is 0 Å². The van der Waals surface area contributed by atoms with Crippen LogP contribution in [0, 0.1) is 5.92 Å². The highest BCUT2D eigenvalue weighted by atomic mass is 16.4. The van der Waals surface area contributed by atoms with Gasteiger partial charge in [0.05, 0.1) is 12.5 Å². The summed E-state index contributed by atoms with van der Waals surface area (Å²) in [7, 11) is -1.64. The maximum Gasteiger partial charge on any atom is 0.475 e. The molecule has 31 heavy (non-hydrogen) atoms. The van der Waals surface area contributed by atoms with E-state index in [0.29, 0.717) is 12.8 Å². The van der Waals surface area contributed by atoms with E-state index < -0.39 is 19.0 Å². The highest BCUT2D eigenvalue weighted by molar-refractivity contribution is 6.43. The fourth-order valence-corrected chi connectivity index (χ4v) is 3.28. The van der Waals surface area contributed by atoms with Gasteiger partial charge in [0.15, 0.2) is 0 Å². The molecular weight excluding hydrogens is 393 g/mol. The monoisotopic (exact) mass is 425 g/mol. The molecule has 2 atom stereocenters. The first-order chi connectivity index (χ1) is 14.9. The highest BCUT2D eigenvalue weighted by Gasteiger charge is 2.35. The molecule has 2 amide bonds. The number of nitrogens with zero attached hydrogens (tertiary/aromatic N) is 1. The van der Waals surface area contributed by atoms with Gasteiger partial charge in [-0.1, -0.05) is 68.5 Å². The van der Waals surface area contributed by atoms with Gasteiger partial charge in [-0.05, 0) is 30.9 Å². The predicted molar refractivity (Wildman–Crippen MR) is 123 cm³/mol. The number of carbonyl (C=O) groups is 2. The molecule has 2 aliphatic rings. The Morgan fingerprint density at radius 3 is 2.23 bits per heavy atom. The van der Waals surface area contributed by atoms with E-state index in [-0.39, 0.29) is 24.4 Å². The molecular formula is C23H32BN3O4. The smallest absolute Gasteiger partial charge is 0.426 e. The molecule has 0 unspecified atom stereocenters. The standard InChI is InChI=1S/C23H32BN3O4/c1-18(2)16-21(24(30)31)26-22(28)17-25-23(29)20-14-15-27(20)19-12-10-8-6-4-3-5-7-9-11-13-19/h3-13,18,20-21,30-31H,14-17H2,1-2H3,(H,25,29)(H,26,28)/b4-3-,5-3?,6-4?,7-5-,8-6-,9-7?,10-8?,11-9-,12-10?,13-11?,19-12?,19-13?/t20-,21-/m0/s1. The second-order valence-corrected chi connectivity index (χ2v) is 7.92. The first kappa shape index (κ1) is 24.4. The number of likely N-dealkylation sites (tertiary alicyclic amines) is 1. The van der Waals surface area contributed by atoms with Crippen molar-refractivity contribution in [3.8, 4) is 0 Å². The maximum atomic E-state index is 12.6. The Morgan fingerprint density at radius 2 is 1.68 bits per heavy atom. The van der Waals surface area contributed by atoms with E-state index in [9.17, 15) is 19.6 Å². The molecule has 0 aromatic heterocycles. The van der Waals surface area contributed by atoms with Gasteiger partial charge in [0.25, 0.3) is 0 Å². The van der Waals surface area contributed by atoms with Gasteiger partial charge in [0.2, 0.25) is 11.8 Å². The van der Waals surface area contributed by atoms with Crippen LogP contribution in [0.2, 0.25) is 0 Å². The van der Waals surface area contributed by atoms with Crippen LogP contribution in [0.3, 0.4) is 0 Å². The molecule has 1 aliphatic heterocycles. The molecule has 2 rings (SSSR count). The van der Waals surface area contributed by atoms with Crippen LogP contribution >= 0.6 is 0 Å². The van der Waals surface area contributed by atoms with E-state index in [1.54, 1.807) is 0 Å². The number of hydrogen-bond donors (Lipinski definition) is 4. The summed E-state index contributed by atoms with van der Waals surface area (Å²) >= 11 is 0. The molecule has 4 N–H and O–H groups in total. The Kier molecular flexibility index (Phi) is 10.1. The highest BCUT2D eigenvalue weighted by Crippen LogP contribution is 2.24. The van der Waals surface area contributed by atoms with Crippen LogP contribution in [-0.4, -0.2) is 59.0 Å². The maximum absolute atomic E-state index is 12.6. The van der Waals surface area contributed by atoms with Crippen LogP contribution < -0.4 is 10.6 Å². The third-order valence-corrected chi connectivity index (χ3v) is 4.93. The Labute approximate surface area is 184 Å². The lowest BCUT2D eigenvalue weighted by Crippen LogP contribution is -2.57. The van der Waals surface area contributed by atoms with Crippen molar-refractivity contribution in [1.29, 1.82) is 0 Å². The van der Waals surface area contributed by atoms with Crippen molar-refractivity contribution in [3.63, 3.8) is 0 Å². The molecule has 1 fully saturated rings. The average molecular weight is 425 g/mol. The van der Waals surface area contributed by atoms with Crippen molar-refractivity contribution in [2.24, 2.45) is 5.92 Å². The summed E-state index contributed by atoms with van der Waals surface area (Å²) in [4.78, 5) is 26.8. The SMILES string of the molecule is CC(C)C[C@H](NC(=O)CNC(=O)[C@@H]1CCN1C1=C\C=C/C=C\C=C/C=C\C=C1)B(O)O. The van der Waals surface area contributed by atoms with Crippen molar-refractivity contribution < 1.29 is 19.6 Å². The lowest BCUT2D eigenvalue weighted by atomic mass is 9.75. The summed E-state index contributed by atoms with van der Waals surface area (Å²) in [6.07, 6.45) is 22.4. The molecule has 166 valence electrons. The fourth-order valence-electron chi connectivity index (χ4n) is 3.28. The van der Waals surface area contributed by atoms with E-state index in [4.69, 9.17) is 0 Å². The molecule has 0 aromatic rings. The molecule has 0 spiro atoms. The Bertz CT molecular complexity index is 797. The number of allylic oxidation sites excluding steroid dienone is 11. The Hall–Kier alpha value is -2.84. The van der Waals surface area contributed by atoms with Gasteiger partial charge in [-0.15, -0.1) is 0 Å². The van der Waals surface area contributed by atoms with E-state index in [0.717, 1.165) is 12.2 Å². The van der Waals surface area contributed by atoms with Crippen molar-refractivity contribution >= 4 is 18.9 Å². The molecule has 0 aromatic carbocycles. The summed E-state index contributed by atoms with van der Waals surface area (Å²) < 4.78 is 0. The van der Waals surface area contributed by atoms with Gasteiger partial charge in [-0.2, -0.15) is 0 Å². The number of amides is 2. The second kappa shape index (κ2) is 12.8. The van der Waals surface area contributed by atoms with Crippen LogP contribution in [-0.2, 0) is 9.59 Å². The first-order valence-electron chi connectivity index (χ1n) is 10.6. The van der Waals surface area contributed by atoms with Crippen molar-refractivity contribution in [2.45, 2.75) is 38.7 Å². The molecule has 8 heteroatoms. The van der Waals surface area contributed by atoms with Gasteiger partial charge in [0, 0.05) is 12.2 Å². The summed E-state index contributed by atoms with van der Waals surface area (Å²) in [5, 5.41) is 24.1. The predicted octanol–water partition coefficient (Wildman–Crippen LogP) is 1.40. The van der Waals surface area contributed by atoms with E-state index in [1.165, 1.54) is 0 Å². The third kappa shape index (κ3) is 8.43. The minimum atomic E-state index is -1.64. The van der Waals surface area contributed by atoms with Gasteiger partial charge in [-0.3, -0.25) is 9.59 Å². The summed E-state index contributed by atoms with van der Waals surface area (Å²) in [5.74, 6) is -1.25. The molecule has 0 saturated carbocycles. The normalized spacial score (nSPS) is 23.3. The molecule has 1 saturated heterocycles. The average Bonchev–Trinajstić information content (AvgIpc) is 2.66. The molecule has 7 nitrogen and oxygen atoms in total. The third-order valence-electron chi connectivity index (χ3n) is 4.93. The van der Waals surface area contributed by atoms with E-state index >= 15 is 0 Å². The van der Waals surface area contributed by atoms with Gasteiger partial charge in [-0.25, -0.2) is 0 Å². The molecule has 1 heterocycles. The summed E-state index contributed by atoms with van der Waals surface area (Å²) in [6, 6.07) is -0.348. The number of nitrogens with one attached hydrogen (secondary N) is 2. The van der Waals surface area contributed by atoms with E-state index in [1.807, 2.05) is 85.6 Å². The molecule has 0 radical (unpaired) electrons. The van der Waals surface area contributed by atoms with Crippen molar-refractivity contribution in [1.82, 2.24) is 15.5 Å². The largest absolute Gasteiger partial charge is 0.475 e. The lowest BCUT2D eigenvalue weighted by molar-refractivity contribution is -0.131. The van der Waals surface area contributed by atoms with Crippen LogP contribution in [0.4, 0.5) is 0 Å². The first-order valence-corrected chi connectivity index (χ1v) is 10.6. The Balaban J connectivity index is 1.92. The quantitative estimate of drug-likeness (QED) is 0.441. The summed E-state index contributed by atoms with van der Waals surface area (Å²) in [6.45, 7) is 4.40. The zero-order valence-electron chi connectivity index (χ0n) is 18.1. The summed E-state index contributed by atoms with van der Waals surface area (Å²) in [5.41, 5.74) is 0.912. The molecule has 0 bridgehead atoms. The van der Waals surface area contributed by atoms with Gasteiger partial charge < -0.3 is 25.6 Å². The fraction of sp³-hybridized carbons (Fsp3) is 0.391.